The fourth-order valence-corrected chi connectivity index (χ4v) is 4.81. The van der Waals surface area contributed by atoms with E-state index in [9.17, 15) is 4.79 Å². The number of hydrogen-bond acceptors (Lipinski definition) is 3. The lowest BCUT2D eigenvalue weighted by atomic mass is 9.92. The molecule has 0 atom stereocenters. The number of benzene rings is 3. The van der Waals surface area contributed by atoms with Gasteiger partial charge in [-0.2, -0.15) is 0 Å². The molecule has 0 spiro atoms. The molecule has 1 heterocycles. The van der Waals surface area contributed by atoms with Gasteiger partial charge in [0.15, 0.2) is 0 Å². The number of nitrogens with one attached hydrogen (secondary N) is 1. The zero-order chi connectivity index (χ0) is 23.1. The van der Waals surface area contributed by atoms with Gasteiger partial charge in [0.1, 0.15) is 0 Å². The molecule has 1 N–H and O–H groups in total. The summed E-state index contributed by atoms with van der Waals surface area (Å²) in [5.74, 6) is -0.0351. The van der Waals surface area contributed by atoms with Crippen LogP contribution in [0.4, 0.5) is 0 Å². The first-order valence-electron chi connectivity index (χ1n) is 11.5. The number of rotatable bonds is 5. The molecule has 1 amide bonds. The first-order valence-corrected chi connectivity index (χ1v) is 11.5. The smallest absolute Gasteiger partial charge is 0.251 e. The Hall–Kier alpha value is -3.50. The van der Waals surface area contributed by atoms with Crippen LogP contribution in [-0.2, 0) is 6.42 Å². The lowest BCUT2D eigenvalue weighted by Crippen LogP contribution is -2.31. The molecule has 0 aliphatic heterocycles. The molecule has 33 heavy (non-hydrogen) atoms. The van der Waals surface area contributed by atoms with Crippen LogP contribution >= 0.6 is 0 Å². The zero-order valence-corrected chi connectivity index (χ0v) is 19.7. The number of fused-ring (bicyclic) bond motifs is 4. The highest BCUT2D eigenvalue weighted by Gasteiger charge is 2.26. The van der Waals surface area contributed by atoms with Crippen molar-refractivity contribution in [2.75, 3.05) is 27.2 Å². The van der Waals surface area contributed by atoms with Gasteiger partial charge in [0.25, 0.3) is 5.91 Å². The van der Waals surface area contributed by atoms with Crippen molar-refractivity contribution in [3.8, 4) is 22.4 Å². The Morgan fingerprint density at radius 2 is 1.67 bits per heavy atom. The van der Waals surface area contributed by atoms with Crippen LogP contribution in [-0.4, -0.2) is 43.0 Å². The van der Waals surface area contributed by atoms with Gasteiger partial charge < -0.3 is 10.2 Å². The Bertz CT molecular complexity index is 1370. The van der Waals surface area contributed by atoms with E-state index in [0.717, 1.165) is 29.7 Å². The number of nitrogens with zero attached hydrogens (tertiary/aromatic N) is 2. The number of pyridine rings is 1. The van der Waals surface area contributed by atoms with Gasteiger partial charge in [-0.3, -0.25) is 4.79 Å². The Morgan fingerprint density at radius 1 is 0.939 bits per heavy atom. The molecule has 1 aliphatic carbocycles. The van der Waals surface area contributed by atoms with Gasteiger partial charge in [0, 0.05) is 36.0 Å². The number of para-hydroxylation sites is 1. The molecule has 1 aromatic heterocycles. The molecule has 4 aromatic rings. The number of aryl methyl sites for hydroxylation is 2. The number of carbonyl (C=O) groups is 1. The second kappa shape index (κ2) is 8.45. The van der Waals surface area contributed by atoms with Crippen molar-refractivity contribution >= 4 is 16.8 Å². The molecule has 0 radical (unpaired) electrons. The van der Waals surface area contributed by atoms with Gasteiger partial charge >= 0.3 is 0 Å². The summed E-state index contributed by atoms with van der Waals surface area (Å²) in [6, 6.07) is 20.9. The molecule has 0 bridgehead atoms. The molecular weight excluding hydrogens is 406 g/mol. The maximum absolute atomic E-state index is 12.6. The van der Waals surface area contributed by atoms with Crippen LogP contribution in [0.3, 0.4) is 0 Å². The summed E-state index contributed by atoms with van der Waals surface area (Å²) >= 11 is 0. The number of aromatic nitrogens is 1. The van der Waals surface area contributed by atoms with E-state index < -0.39 is 0 Å². The summed E-state index contributed by atoms with van der Waals surface area (Å²) in [6.07, 6.45) is 0.885. The largest absolute Gasteiger partial charge is 0.351 e. The molecule has 1 aliphatic rings. The first-order chi connectivity index (χ1) is 15.9. The standard InChI is InChI=1S/C29H29N3O/c1-18-7-5-9-22-24(18)17-25-26(23-10-6-8-19(2)27(23)31-28(22)25)20-11-13-21(14-12-20)29(33)30-15-16-32(3)4/h5-14H,15-17H2,1-4H3,(H,30,33). The average Bonchev–Trinajstić information content (AvgIpc) is 3.18. The highest BCUT2D eigenvalue weighted by atomic mass is 16.1. The Morgan fingerprint density at radius 3 is 2.42 bits per heavy atom. The third-order valence-electron chi connectivity index (χ3n) is 6.62. The van der Waals surface area contributed by atoms with Crippen molar-refractivity contribution in [3.63, 3.8) is 0 Å². The summed E-state index contributed by atoms with van der Waals surface area (Å²) in [4.78, 5) is 19.8. The maximum Gasteiger partial charge on any atom is 0.251 e. The third-order valence-corrected chi connectivity index (χ3v) is 6.62. The first kappa shape index (κ1) is 21.4. The van der Waals surface area contributed by atoms with E-state index in [1.165, 1.54) is 38.8 Å². The van der Waals surface area contributed by atoms with Crippen LogP contribution in [0.25, 0.3) is 33.3 Å². The van der Waals surface area contributed by atoms with E-state index in [-0.39, 0.29) is 5.91 Å². The molecule has 3 aromatic carbocycles. The average molecular weight is 436 g/mol. The van der Waals surface area contributed by atoms with E-state index in [0.29, 0.717) is 12.1 Å². The summed E-state index contributed by atoms with van der Waals surface area (Å²) in [7, 11) is 4.00. The number of carbonyl (C=O) groups excluding carboxylic acids is 1. The SMILES string of the molecule is Cc1cccc2c1Cc1c-2nc2c(C)cccc2c1-c1ccc(C(=O)NCCN(C)C)cc1. The molecule has 0 fully saturated rings. The number of amides is 1. The Balaban J connectivity index is 1.60. The fraction of sp³-hybridized carbons (Fsp3) is 0.241. The van der Waals surface area contributed by atoms with Crippen LogP contribution in [0.15, 0.2) is 60.7 Å². The van der Waals surface area contributed by atoms with E-state index in [2.05, 4.69) is 72.6 Å². The quantitative estimate of drug-likeness (QED) is 0.403. The number of likely N-dealkylation sites (N-methyl/N-ethyl adjacent to an activating group) is 1. The minimum Gasteiger partial charge on any atom is -0.351 e. The van der Waals surface area contributed by atoms with E-state index in [4.69, 9.17) is 4.98 Å². The predicted molar refractivity (Wildman–Crippen MR) is 136 cm³/mol. The van der Waals surface area contributed by atoms with Gasteiger partial charge in [-0.15, -0.1) is 0 Å². The number of hydrogen-bond donors (Lipinski definition) is 1. The summed E-state index contributed by atoms with van der Waals surface area (Å²) < 4.78 is 0. The van der Waals surface area contributed by atoms with Crippen LogP contribution in [0.1, 0.15) is 32.6 Å². The lowest BCUT2D eigenvalue weighted by molar-refractivity contribution is 0.0951. The van der Waals surface area contributed by atoms with Crippen molar-refractivity contribution in [1.82, 2.24) is 15.2 Å². The van der Waals surface area contributed by atoms with Crippen LogP contribution in [0.5, 0.6) is 0 Å². The fourth-order valence-electron chi connectivity index (χ4n) is 4.81. The maximum atomic E-state index is 12.6. The Labute approximate surface area is 195 Å². The predicted octanol–water partition coefficient (Wildman–Crippen LogP) is 5.38. The van der Waals surface area contributed by atoms with Crippen LogP contribution in [0, 0.1) is 13.8 Å². The zero-order valence-electron chi connectivity index (χ0n) is 19.7. The van der Waals surface area contributed by atoms with Crippen molar-refractivity contribution in [2.24, 2.45) is 0 Å². The van der Waals surface area contributed by atoms with Gasteiger partial charge in [0.05, 0.1) is 11.2 Å². The summed E-state index contributed by atoms with van der Waals surface area (Å²) in [5.41, 5.74) is 11.6. The highest BCUT2D eigenvalue weighted by molar-refractivity contribution is 6.02. The topological polar surface area (TPSA) is 45.2 Å². The minimum absolute atomic E-state index is 0.0351. The molecule has 0 saturated heterocycles. The molecule has 4 nitrogen and oxygen atoms in total. The minimum atomic E-state index is -0.0351. The molecule has 0 unspecified atom stereocenters. The van der Waals surface area contributed by atoms with E-state index in [1.54, 1.807) is 0 Å². The van der Waals surface area contributed by atoms with Crippen molar-refractivity contribution < 1.29 is 4.79 Å². The normalized spacial score (nSPS) is 12.2. The molecule has 0 saturated carbocycles. The van der Waals surface area contributed by atoms with Gasteiger partial charge in [-0.1, -0.05) is 48.5 Å². The second-order valence-corrected chi connectivity index (χ2v) is 9.20. The van der Waals surface area contributed by atoms with Crippen molar-refractivity contribution in [1.29, 1.82) is 0 Å². The van der Waals surface area contributed by atoms with Gasteiger partial charge in [-0.05, 0) is 73.5 Å². The molecule has 166 valence electrons. The lowest BCUT2D eigenvalue weighted by Gasteiger charge is -2.15. The van der Waals surface area contributed by atoms with Crippen LogP contribution < -0.4 is 5.32 Å². The highest BCUT2D eigenvalue weighted by Crippen LogP contribution is 2.45. The van der Waals surface area contributed by atoms with Gasteiger partial charge in [0.2, 0.25) is 0 Å². The van der Waals surface area contributed by atoms with Crippen molar-refractivity contribution in [2.45, 2.75) is 20.3 Å². The third kappa shape index (κ3) is 3.81. The van der Waals surface area contributed by atoms with E-state index in [1.807, 2.05) is 26.2 Å². The second-order valence-electron chi connectivity index (χ2n) is 9.20. The van der Waals surface area contributed by atoms with Crippen molar-refractivity contribution in [3.05, 3.63) is 88.5 Å². The monoisotopic (exact) mass is 435 g/mol. The van der Waals surface area contributed by atoms with Crippen LogP contribution in [0.2, 0.25) is 0 Å². The van der Waals surface area contributed by atoms with E-state index >= 15 is 0 Å². The summed E-state index contributed by atoms with van der Waals surface area (Å²) in [5, 5.41) is 4.16. The molecular formula is C29H29N3O. The van der Waals surface area contributed by atoms with Gasteiger partial charge in [-0.25, -0.2) is 4.98 Å². The molecule has 4 heteroatoms. The summed E-state index contributed by atoms with van der Waals surface area (Å²) in [6.45, 7) is 5.75. The molecule has 5 rings (SSSR count). The Kier molecular flexibility index (Phi) is 5.47.